The van der Waals surface area contributed by atoms with E-state index in [1.54, 1.807) is 4.68 Å². The number of nitrogens with zero attached hydrogens (tertiary/aromatic N) is 3. The Kier molecular flexibility index (Phi) is 3.07. The summed E-state index contributed by atoms with van der Waals surface area (Å²) in [6, 6.07) is 1.48. The van der Waals surface area contributed by atoms with E-state index in [2.05, 4.69) is 21.0 Å². The van der Waals surface area contributed by atoms with Crippen LogP contribution in [0.2, 0.25) is 0 Å². The van der Waals surface area contributed by atoms with E-state index in [1.165, 1.54) is 0 Å². The summed E-state index contributed by atoms with van der Waals surface area (Å²) in [4.78, 5) is 0. The first-order valence-corrected chi connectivity index (χ1v) is 4.70. The zero-order valence-corrected chi connectivity index (χ0v) is 9.17. The highest BCUT2D eigenvalue weighted by Gasteiger charge is 2.10. The van der Waals surface area contributed by atoms with Gasteiger partial charge in [-0.1, -0.05) is 0 Å². The molecule has 13 heavy (non-hydrogen) atoms. The van der Waals surface area contributed by atoms with Crippen LogP contribution < -0.4 is 5.73 Å². The molecule has 1 aromatic rings. The molecule has 0 saturated heterocycles. The second-order valence-electron chi connectivity index (χ2n) is 2.90. The highest BCUT2D eigenvalue weighted by molar-refractivity contribution is 9.10. The Hall–Kier alpha value is -0.860. The highest BCUT2D eigenvalue weighted by Crippen LogP contribution is 2.19. The zero-order chi connectivity index (χ0) is 10.0. The molecule has 5 heteroatoms. The Morgan fingerprint density at radius 1 is 1.69 bits per heavy atom. The predicted octanol–water partition coefficient (Wildman–Crippen LogP) is 1.11. The number of halogens is 1. The molecule has 0 aromatic carbocycles. The fourth-order valence-corrected chi connectivity index (χ4v) is 1.36. The van der Waals surface area contributed by atoms with Crippen molar-refractivity contribution in [3.05, 3.63) is 15.9 Å². The molecule has 0 radical (unpaired) electrons. The quantitative estimate of drug-likeness (QED) is 0.846. The van der Waals surface area contributed by atoms with Crippen LogP contribution in [0.4, 0.5) is 0 Å². The van der Waals surface area contributed by atoms with Gasteiger partial charge in [-0.25, -0.2) is 0 Å². The van der Waals surface area contributed by atoms with E-state index in [1.807, 2.05) is 19.9 Å². The Balaban J connectivity index is 2.91. The van der Waals surface area contributed by atoms with Crippen LogP contribution in [0, 0.1) is 25.2 Å². The third-order valence-corrected chi connectivity index (χ3v) is 2.98. The van der Waals surface area contributed by atoms with Gasteiger partial charge < -0.3 is 5.73 Å². The van der Waals surface area contributed by atoms with Crippen molar-refractivity contribution in [3.63, 3.8) is 0 Å². The molecule has 0 aliphatic carbocycles. The van der Waals surface area contributed by atoms with Gasteiger partial charge in [-0.15, -0.1) is 0 Å². The van der Waals surface area contributed by atoms with Gasteiger partial charge in [-0.2, -0.15) is 10.4 Å². The molecule has 0 aliphatic heterocycles. The van der Waals surface area contributed by atoms with Gasteiger partial charge in [-0.3, -0.25) is 4.68 Å². The van der Waals surface area contributed by atoms with Gasteiger partial charge in [0.05, 0.1) is 22.8 Å². The van der Waals surface area contributed by atoms with Crippen LogP contribution in [0.1, 0.15) is 11.4 Å². The summed E-state index contributed by atoms with van der Waals surface area (Å²) in [5, 5.41) is 12.8. The Bertz CT molecular complexity index is 350. The average Bonchev–Trinajstić information content (AvgIpc) is 2.34. The number of nitrogens with two attached hydrogens (primary N) is 1. The maximum atomic E-state index is 8.54. The van der Waals surface area contributed by atoms with Crippen LogP contribution in [0.5, 0.6) is 0 Å². The summed E-state index contributed by atoms with van der Waals surface area (Å²) in [7, 11) is 0. The largest absolute Gasteiger partial charge is 0.314 e. The normalized spacial score (nSPS) is 12.5. The molecule has 1 unspecified atom stereocenters. The third-order valence-electron chi connectivity index (χ3n) is 1.83. The second kappa shape index (κ2) is 3.90. The van der Waals surface area contributed by atoms with Crippen molar-refractivity contribution in [3.8, 4) is 6.07 Å². The summed E-state index contributed by atoms with van der Waals surface area (Å²) >= 11 is 3.40. The minimum atomic E-state index is -0.495. The molecule has 0 spiro atoms. The number of aryl methyl sites for hydroxylation is 1. The van der Waals surface area contributed by atoms with Gasteiger partial charge in [-0.05, 0) is 29.8 Å². The summed E-state index contributed by atoms with van der Waals surface area (Å²) in [6.45, 7) is 4.29. The molecule has 1 aromatic heterocycles. The van der Waals surface area contributed by atoms with E-state index in [9.17, 15) is 0 Å². The maximum absolute atomic E-state index is 8.54. The molecule has 0 fully saturated rings. The lowest BCUT2D eigenvalue weighted by atomic mass is 10.3. The van der Waals surface area contributed by atoms with E-state index in [-0.39, 0.29) is 0 Å². The first-order valence-electron chi connectivity index (χ1n) is 3.91. The first kappa shape index (κ1) is 10.2. The SMILES string of the molecule is Cc1nn(CC(N)C#N)c(C)c1Br. The summed E-state index contributed by atoms with van der Waals surface area (Å²) < 4.78 is 2.73. The maximum Gasteiger partial charge on any atom is 0.113 e. The monoisotopic (exact) mass is 242 g/mol. The minimum absolute atomic E-state index is 0.439. The van der Waals surface area contributed by atoms with Crippen LogP contribution >= 0.6 is 15.9 Å². The van der Waals surface area contributed by atoms with Gasteiger partial charge in [0.1, 0.15) is 6.04 Å². The lowest BCUT2D eigenvalue weighted by molar-refractivity contribution is 0.557. The molecule has 0 amide bonds. The minimum Gasteiger partial charge on any atom is -0.314 e. The molecule has 4 nitrogen and oxygen atoms in total. The van der Waals surface area contributed by atoms with Crippen molar-refractivity contribution in [1.82, 2.24) is 9.78 Å². The van der Waals surface area contributed by atoms with Crippen molar-refractivity contribution in [2.24, 2.45) is 5.73 Å². The number of rotatable bonds is 2. The molecular formula is C8H11BrN4. The molecule has 0 aliphatic rings. The van der Waals surface area contributed by atoms with E-state index in [4.69, 9.17) is 11.0 Å². The van der Waals surface area contributed by atoms with Crippen LogP contribution in [0.25, 0.3) is 0 Å². The molecule has 1 heterocycles. The van der Waals surface area contributed by atoms with Gasteiger partial charge in [0.25, 0.3) is 0 Å². The van der Waals surface area contributed by atoms with E-state index < -0.39 is 6.04 Å². The van der Waals surface area contributed by atoms with Crippen molar-refractivity contribution in [2.45, 2.75) is 26.4 Å². The molecule has 0 bridgehead atoms. The third kappa shape index (κ3) is 2.08. The van der Waals surface area contributed by atoms with Gasteiger partial charge in [0, 0.05) is 5.69 Å². The fourth-order valence-electron chi connectivity index (χ4n) is 1.08. The molecule has 1 rings (SSSR count). The average molecular weight is 243 g/mol. The number of aromatic nitrogens is 2. The lowest BCUT2D eigenvalue weighted by Gasteiger charge is -2.04. The Morgan fingerprint density at radius 3 is 2.69 bits per heavy atom. The van der Waals surface area contributed by atoms with Crippen molar-refractivity contribution in [1.29, 1.82) is 5.26 Å². The van der Waals surface area contributed by atoms with Gasteiger partial charge >= 0.3 is 0 Å². The summed E-state index contributed by atoms with van der Waals surface area (Å²) in [5.41, 5.74) is 7.42. The van der Waals surface area contributed by atoms with E-state index in [0.29, 0.717) is 6.54 Å². The zero-order valence-electron chi connectivity index (χ0n) is 7.58. The van der Waals surface area contributed by atoms with Crippen molar-refractivity contribution < 1.29 is 0 Å². The molecule has 2 N–H and O–H groups in total. The van der Waals surface area contributed by atoms with Crippen molar-refractivity contribution in [2.75, 3.05) is 0 Å². The van der Waals surface area contributed by atoms with Gasteiger partial charge in [0.15, 0.2) is 0 Å². The standard InChI is InChI=1S/C8H11BrN4/c1-5-8(9)6(2)13(12-5)4-7(11)3-10/h7H,4,11H2,1-2H3. The Morgan fingerprint density at radius 2 is 2.31 bits per heavy atom. The van der Waals surface area contributed by atoms with E-state index >= 15 is 0 Å². The van der Waals surface area contributed by atoms with Crippen LogP contribution in [-0.2, 0) is 6.54 Å². The van der Waals surface area contributed by atoms with E-state index in [0.717, 1.165) is 15.9 Å². The topological polar surface area (TPSA) is 67.6 Å². The lowest BCUT2D eigenvalue weighted by Crippen LogP contribution is -2.25. The summed E-state index contributed by atoms with van der Waals surface area (Å²) in [5.74, 6) is 0. The number of hydrogen-bond donors (Lipinski definition) is 1. The Labute approximate surface area is 85.5 Å². The number of nitriles is 1. The molecule has 70 valence electrons. The van der Waals surface area contributed by atoms with Gasteiger partial charge in [0.2, 0.25) is 0 Å². The predicted molar refractivity (Wildman–Crippen MR) is 53.0 cm³/mol. The first-order chi connectivity index (χ1) is 6.06. The molecule has 0 saturated carbocycles. The van der Waals surface area contributed by atoms with Crippen molar-refractivity contribution >= 4 is 15.9 Å². The van der Waals surface area contributed by atoms with Crippen LogP contribution in [0.15, 0.2) is 4.47 Å². The van der Waals surface area contributed by atoms with Crippen LogP contribution in [-0.4, -0.2) is 15.8 Å². The smallest absolute Gasteiger partial charge is 0.113 e. The molecule has 1 atom stereocenters. The molecular weight excluding hydrogens is 232 g/mol. The fraction of sp³-hybridized carbons (Fsp3) is 0.500. The highest BCUT2D eigenvalue weighted by atomic mass is 79.9. The second-order valence-corrected chi connectivity index (χ2v) is 3.70. The van der Waals surface area contributed by atoms with Crippen LogP contribution in [0.3, 0.4) is 0 Å². The number of hydrogen-bond acceptors (Lipinski definition) is 3. The summed E-state index contributed by atoms with van der Waals surface area (Å²) in [6.07, 6.45) is 0.